The fourth-order valence-electron chi connectivity index (χ4n) is 8.91. The summed E-state index contributed by atoms with van der Waals surface area (Å²) in [5.41, 5.74) is 7.64. The summed E-state index contributed by atoms with van der Waals surface area (Å²) in [5.74, 6) is 2.14. The van der Waals surface area contributed by atoms with Gasteiger partial charge in [0.1, 0.15) is 17.2 Å². The van der Waals surface area contributed by atoms with Crippen molar-refractivity contribution >= 4 is 140 Å². The number of fused-ring (bicyclic) bond motifs is 3. The van der Waals surface area contributed by atoms with Gasteiger partial charge < -0.3 is 25.2 Å². The van der Waals surface area contributed by atoms with Gasteiger partial charge in [0.2, 0.25) is 5.91 Å². The predicted octanol–water partition coefficient (Wildman–Crippen LogP) is 14.6. The van der Waals surface area contributed by atoms with Gasteiger partial charge in [0, 0.05) is 43.0 Å². The van der Waals surface area contributed by atoms with E-state index in [1.165, 1.54) is 52.1 Å². The van der Waals surface area contributed by atoms with Crippen molar-refractivity contribution in [3.8, 4) is 17.2 Å². The molecule has 0 radical (unpaired) electrons. The summed E-state index contributed by atoms with van der Waals surface area (Å²) < 4.78 is 5.42. The Kier molecular flexibility index (Phi) is 44.1. The van der Waals surface area contributed by atoms with Crippen LogP contribution in [-0.2, 0) is 54.7 Å². The van der Waals surface area contributed by atoms with Gasteiger partial charge in [-0.2, -0.15) is 40.5 Å². The number of rotatable bonds is 13. The molecule has 0 spiro atoms. The van der Waals surface area contributed by atoms with Gasteiger partial charge in [0.05, 0.1) is 7.11 Å². The number of carbonyl (C=O) groups is 1. The Balaban J connectivity index is -0.000000845. The van der Waals surface area contributed by atoms with Gasteiger partial charge in [-0.25, -0.2) is 0 Å². The Morgan fingerprint density at radius 3 is 1.75 bits per heavy atom. The first-order valence-electron chi connectivity index (χ1n) is 22.2. The molecule has 7 nitrogen and oxygen atoms in total. The van der Waals surface area contributed by atoms with Crippen molar-refractivity contribution in [2.45, 2.75) is 144 Å². The number of ether oxygens (including phenoxy) is 1. The van der Waals surface area contributed by atoms with Crippen LogP contribution in [0, 0.1) is 0 Å². The molecule has 0 saturated carbocycles. The maximum absolute atomic E-state index is 11.8. The van der Waals surface area contributed by atoms with Crippen LogP contribution in [0.5, 0.6) is 17.2 Å². The molecule has 3 N–H and O–H groups in total. The summed E-state index contributed by atoms with van der Waals surface area (Å²) in [6.07, 6.45) is 14.0. The first-order chi connectivity index (χ1) is 30.0. The van der Waals surface area contributed by atoms with Gasteiger partial charge >= 0.3 is 64.9 Å². The Bertz CT molecular complexity index is 1880. The minimum atomic E-state index is -0.278. The van der Waals surface area contributed by atoms with E-state index in [0.29, 0.717) is 29.6 Å². The first kappa shape index (κ1) is 72.0. The van der Waals surface area contributed by atoms with Crippen LogP contribution in [0.1, 0.15) is 119 Å². The van der Waals surface area contributed by atoms with Crippen LogP contribution in [0.25, 0.3) is 0 Å². The third-order valence-electron chi connectivity index (χ3n) is 11.8. The molecule has 0 aliphatic heterocycles. The van der Waals surface area contributed by atoms with Crippen LogP contribution in [0.4, 0.5) is 0 Å². The van der Waals surface area contributed by atoms with Crippen LogP contribution in [0.15, 0.2) is 72.1 Å². The van der Waals surface area contributed by atoms with E-state index in [4.69, 9.17) is 4.74 Å². The van der Waals surface area contributed by atoms with E-state index in [2.05, 4.69) is 149 Å². The Morgan fingerprint density at radius 2 is 1.22 bits per heavy atom. The molecule has 0 bridgehead atoms. The summed E-state index contributed by atoms with van der Waals surface area (Å²) in [4.78, 5) is 19.6. The molecule has 0 fully saturated rings. The topological polar surface area (TPSA) is 85.3 Å². The fraction of sp³-hybridized carbons (Fsp3) is 0.549. The minimum absolute atomic E-state index is 0. The Morgan fingerprint density at radius 1 is 0.716 bits per heavy atom. The van der Waals surface area contributed by atoms with Gasteiger partial charge in [-0.05, 0) is 165 Å². The Labute approximate surface area is 483 Å². The molecule has 3 aromatic carbocycles. The van der Waals surface area contributed by atoms with Crippen molar-refractivity contribution in [3.05, 3.63) is 110 Å². The molecule has 3 aliphatic rings. The summed E-state index contributed by atoms with van der Waals surface area (Å²) in [7, 11) is 1.72. The molecule has 7 rings (SSSR count). The average Bonchev–Trinajstić information content (AvgIpc) is 3.81. The zero-order chi connectivity index (χ0) is 45.4. The van der Waals surface area contributed by atoms with Crippen LogP contribution >= 0.6 is 134 Å². The van der Waals surface area contributed by atoms with Crippen LogP contribution in [-0.4, -0.2) is 82.3 Å². The number of nitrogens with zero attached hydrogens (tertiary/aromatic N) is 2. The Hall–Kier alpha value is 0.704. The number of nitrogens with one attached hydrogen (secondary N) is 1. The van der Waals surface area contributed by atoms with E-state index in [1.807, 2.05) is 51.5 Å². The molecule has 1 amide bonds. The summed E-state index contributed by atoms with van der Waals surface area (Å²) in [6.45, 7) is 12.5. The zero-order valence-electron chi connectivity index (χ0n) is 39.2. The summed E-state index contributed by atoms with van der Waals surface area (Å²) in [6, 6.07) is 24.0. The second kappa shape index (κ2) is 41.1. The number of carbonyl (C=O) groups excluding carboxylic acids is 1. The molecule has 1 aromatic heterocycles. The monoisotopic (exact) mass is 1490 g/mol. The van der Waals surface area contributed by atoms with Gasteiger partial charge in [0.15, 0.2) is 0 Å². The average molecular weight is 1490 g/mol. The molecule has 0 unspecified atom stereocenters. The number of alkyl halides is 1. The second-order valence-corrected chi connectivity index (χ2v) is 52.3. The number of hydrogen-bond acceptors (Lipinski definition) is 7. The van der Waals surface area contributed by atoms with Gasteiger partial charge in [-0.3, -0.25) is 9.69 Å². The van der Waals surface area contributed by atoms with E-state index in [9.17, 15) is 15.0 Å². The number of thiophene rings is 1. The van der Waals surface area contributed by atoms with Crippen molar-refractivity contribution in [1.29, 1.82) is 0 Å². The molecular formula is C51H84I4N3O4S4V. The molecule has 16 heteroatoms. The molecule has 67 heavy (non-hydrogen) atoms. The van der Waals surface area contributed by atoms with E-state index in [-0.39, 0.29) is 66.2 Å². The van der Waals surface area contributed by atoms with Crippen molar-refractivity contribution in [3.63, 3.8) is 0 Å². The third kappa shape index (κ3) is 25.0. The normalized spacial score (nSPS) is 15.9. The molecule has 1 heterocycles. The van der Waals surface area contributed by atoms with Crippen molar-refractivity contribution in [2.24, 2.45) is 0 Å². The van der Waals surface area contributed by atoms with Crippen LogP contribution in [0.3, 0.4) is 0 Å². The van der Waals surface area contributed by atoms with Gasteiger partial charge in [0.25, 0.3) is 0 Å². The molecule has 0 saturated heterocycles. The van der Waals surface area contributed by atoms with Crippen LogP contribution in [0.2, 0.25) is 0 Å². The number of amides is 1. The third-order valence-corrected chi connectivity index (χ3v) is 12.7. The van der Waals surface area contributed by atoms with Gasteiger partial charge in [-0.15, -0.1) is 11.3 Å². The van der Waals surface area contributed by atoms with Crippen LogP contribution < -0.4 is 10.1 Å². The fourth-order valence-corrected chi connectivity index (χ4v) is 9.61. The van der Waals surface area contributed by atoms with E-state index >= 15 is 0 Å². The number of hydrogen-bond donors (Lipinski definition) is 3. The number of aromatic hydroxyl groups is 2. The first-order valence-corrected chi connectivity index (χ1v) is 38.7. The quantitative estimate of drug-likeness (QED) is 0.0914. The summed E-state index contributed by atoms with van der Waals surface area (Å²) >= 11 is 11.4. The van der Waals surface area contributed by atoms with Gasteiger partial charge in [-0.1, -0.05) is 101 Å². The van der Waals surface area contributed by atoms with E-state index < -0.39 is 0 Å². The number of methoxy groups -OCH3 is 1. The number of phenolic OH excluding ortho intramolecular Hbond substituents is 2. The molecule has 3 aliphatic carbocycles. The SMILES string of the molecule is C.C.CCCN(C(C)=O)[C@H]1CCc2c(cccc2OC)C1.CCCN(CCc1cccs1)[C@H]1CCc2c(O)cccc2C1.CCCN[C@H]1CCc2c(O)cccc2C1.CI.S.S.S.[I][V]([I])[I]. The maximum atomic E-state index is 11.8. The van der Waals surface area contributed by atoms with E-state index in [0.717, 1.165) is 102 Å². The number of phenols is 2. The number of halogens is 4. The number of benzene rings is 3. The standard InChI is InChI=1S/C19H25NOS.C16H23NO2.C13H19NO.CH3I.2CH4.3HI.3H2S.V/c1-2-11-20(12-10-17-6-4-13-22-17)16-8-9-18-15(14-16)5-3-7-19(18)21;1-4-10-17(12(2)18)14-8-9-15-13(11-14)6-5-7-16(15)19-3;1-2-8-14-11-6-7-12-10(9-11)4-3-5-13(12)15;1-2;;;;;;;;;/h3-7,13,16,21H,2,8-12,14H2,1H3;5-7,14H,4,8-11H2,1-3H3;3-5,11,14-15H,2,6-9H2,1H3;1H3;2*1H4;3*1H;3*1H2;/q;;;;;;;;;;;;+3/p-3/t16-;14-;11-;;;;;;;;;;/m000........../s1. The van der Waals surface area contributed by atoms with Crippen molar-refractivity contribution < 1.29 is 24.7 Å². The summed E-state index contributed by atoms with van der Waals surface area (Å²) in [5, 5.41) is 25.4. The second-order valence-electron chi connectivity index (χ2n) is 15.9. The molecule has 384 valence electrons. The molecule has 3 atom stereocenters. The molecule has 4 aromatic rings. The van der Waals surface area contributed by atoms with Crippen molar-refractivity contribution in [1.82, 2.24) is 15.1 Å². The zero-order valence-corrected chi connectivity index (χ0v) is 53.0. The molecular weight excluding hydrogens is 1410 g/mol. The van der Waals surface area contributed by atoms with E-state index in [1.54, 1.807) is 20.1 Å². The van der Waals surface area contributed by atoms with Crippen molar-refractivity contribution in [2.75, 3.05) is 38.2 Å². The predicted molar refractivity (Wildman–Crippen MR) is 339 cm³/mol.